The minimum atomic E-state index is 1.03. The monoisotopic (exact) mass is 462 g/mol. The number of thiazole rings is 2. The molecule has 0 radical (unpaired) electrons. The third-order valence-electron chi connectivity index (χ3n) is 5.52. The lowest BCUT2D eigenvalue weighted by Crippen LogP contribution is -1.77. The smallest absolute Gasteiger partial charge is 0.153 e. The second kappa shape index (κ2) is 6.69. The number of aryl methyl sites for hydroxylation is 4. The number of hydrogen-bond acceptors (Lipinski definition) is 6. The highest BCUT2D eigenvalue weighted by Gasteiger charge is 2.17. The normalized spacial score (nSPS) is 12.0. The van der Waals surface area contributed by atoms with Crippen molar-refractivity contribution in [3.05, 3.63) is 57.5 Å². The molecule has 4 aromatic heterocycles. The highest BCUT2D eigenvalue weighted by molar-refractivity contribution is 7.28. The molecule has 0 unspecified atom stereocenters. The van der Waals surface area contributed by atoms with Crippen LogP contribution in [0.5, 0.6) is 0 Å². The molecule has 0 amide bonds. The van der Waals surface area contributed by atoms with Gasteiger partial charge in [0.05, 0.1) is 16.3 Å². The first-order chi connectivity index (χ1) is 14.5. The van der Waals surface area contributed by atoms with E-state index in [2.05, 4.69) is 64.1 Å². The van der Waals surface area contributed by atoms with Gasteiger partial charge in [0.15, 0.2) is 10.0 Å². The van der Waals surface area contributed by atoms with Crippen LogP contribution in [0.3, 0.4) is 0 Å². The van der Waals surface area contributed by atoms with E-state index in [1.807, 2.05) is 22.7 Å². The molecule has 0 saturated carbocycles. The zero-order valence-corrected chi connectivity index (χ0v) is 20.3. The van der Waals surface area contributed by atoms with Crippen molar-refractivity contribution in [1.82, 2.24) is 9.97 Å². The molecule has 0 atom stereocenters. The van der Waals surface area contributed by atoms with Crippen LogP contribution < -0.4 is 0 Å². The Morgan fingerprint density at radius 3 is 1.97 bits per heavy atom. The molecule has 4 heterocycles. The summed E-state index contributed by atoms with van der Waals surface area (Å²) in [4.78, 5) is 14.8. The average Bonchev–Trinajstić information content (AvgIpc) is 3.46. The van der Waals surface area contributed by atoms with Crippen molar-refractivity contribution in [3.8, 4) is 19.8 Å². The van der Waals surface area contributed by atoms with Crippen LogP contribution in [0, 0.1) is 27.7 Å². The van der Waals surface area contributed by atoms with E-state index < -0.39 is 0 Å². The molecule has 6 rings (SSSR count). The van der Waals surface area contributed by atoms with Crippen molar-refractivity contribution in [3.63, 3.8) is 0 Å². The predicted octanol–water partition coefficient (Wildman–Crippen LogP) is 8.75. The molecular weight excluding hydrogens is 445 g/mol. The lowest BCUT2D eigenvalue weighted by Gasteiger charge is -2.00. The fraction of sp³-hybridized carbons (Fsp3) is 0.167. The van der Waals surface area contributed by atoms with E-state index in [0.29, 0.717) is 0 Å². The molecule has 0 spiro atoms. The Kier molecular flexibility index (Phi) is 4.15. The lowest BCUT2D eigenvalue weighted by atomic mass is 10.1. The number of aromatic nitrogens is 2. The van der Waals surface area contributed by atoms with E-state index in [9.17, 15) is 0 Å². The fourth-order valence-electron chi connectivity index (χ4n) is 3.92. The number of thiophene rings is 2. The maximum atomic E-state index is 4.86. The van der Waals surface area contributed by atoms with Gasteiger partial charge in [-0.3, -0.25) is 0 Å². The van der Waals surface area contributed by atoms with Crippen LogP contribution in [0.25, 0.3) is 50.7 Å². The highest BCUT2D eigenvalue weighted by Crippen LogP contribution is 2.44. The van der Waals surface area contributed by atoms with Gasteiger partial charge in [0, 0.05) is 34.8 Å². The number of nitrogens with zero attached hydrogens (tertiary/aromatic N) is 2. The van der Waals surface area contributed by atoms with Crippen LogP contribution in [0.15, 0.2) is 36.4 Å². The summed E-state index contributed by atoms with van der Waals surface area (Å²) < 4.78 is 2.76. The summed E-state index contributed by atoms with van der Waals surface area (Å²) in [6.07, 6.45) is 0. The number of rotatable bonds is 2. The van der Waals surface area contributed by atoms with Gasteiger partial charge < -0.3 is 0 Å². The summed E-state index contributed by atoms with van der Waals surface area (Å²) in [7, 11) is 0. The van der Waals surface area contributed by atoms with Gasteiger partial charge in [0.25, 0.3) is 0 Å². The summed E-state index contributed by atoms with van der Waals surface area (Å²) >= 11 is 7.27. The van der Waals surface area contributed by atoms with Gasteiger partial charge in [0.1, 0.15) is 0 Å². The standard InChI is InChI=1S/C24H18N2S4/c1-11-9-15-5-7-18-17(21(15)27-11)8-6-16-10-19(29-22(16)18)20-13(3)26-24(30-20)23-25-12(2)14(4)28-23/h5-10H,1-4H3. The first-order valence-electron chi connectivity index (χ1n) is 9.75. The quantitative estimate of drug-likeness (QED) is 0.257. The van der Waals surface area contributed by atoms with Crippen molar-refractivity contribution in [1.29, 1.82) is 0 Å². The molecule has 6 heteroatoms. The van der Waals surface area contributed by atoms with Gasteiger partial charge in [0.2, 0.25) is 0 Å². The summed E-state index contributed by atoms with van der Waals surface area (Å²) in [6.45, 7) is 8.50. The van der Waals surface area contributed by atoms with Crippen LogP contribution >= 0.6 is 45.3 Å². The van der Waals surface area contributed by atoms with Gasteiger partial charge in [-0.2, -0.15) is 0 Å². The van der Waals surface area contributed by atoms with Gasteiger partial charge in [-0.1, -0.05) is 24.3 Å². The molecule has 6 aromatic rings. The minimum Gasteiger partial charge on any atom is -0.239 e. The second-order valence-corrected chi connectivity index (χ2v) is 12.1. The number of fused-ring (bicyclic) bond motifs is 5. The Bertz CT molecular complexity index is 1570. The summed E-state index contributed by atoms with van der Waals surface area (Å²) in [6, 6.07) is 13.7. The first kappa shape index (κ1) is 18.6. The molecule has 0 N–H and O–H groups in total. The summed E-state index contributed by atoms with van der Waals surface area (Å²) in [5.41, 5.74) is 2.19. The van der Waals surface area contributed by atoms with E-state index in [1.165, 1.54) is 50.5 Å². The zero-order valence-electron chi connectivity index (χ0n) is 17.0. The Morgan fingerprint density at radius 2 is 1.27 bits per heavy atom. The largest absolute Gasteiger partial charge is 0.239 e. The third kappa shape index (κ3) is 2.78. The van der Waals surface area contributed by atoms with Crippen molar-refractivity contribution < 1.29 is 0 Å². The van der Waals surface area contributed by atoms with Crippen LogP contribution in [0.4, 0.5) is 0 Å². The Hall–Kier alpha value is -2.12. The number of hydrogen-bond donors (Lipinski definition) is 0. The molecule has 0 aliphatic rings. The topological polar surface area (TPSA) is 25.8 Å². The molecule has 0 bridgehead atoms. The van der Waals surface area contributed by atoms with Gasteiger partial charge >= 0.3 is 0 Å². The highest BCUT2D eigenvalue weighted by atomic mass is 32.1. The predicted molar refractivity (Wildman–Crippen MR) is 136 cm³/mol. The molecule has 2 nitrogen and oxygen atoms in total. The van der Waals surface area contributed by atoms with E-state index in [1.54, 1.807) is 22.7 Å². The van der Waals surface area contributed by atoms with Crippen molar-refractivity contribution >= 4 is 76.3 Å². The Balaban J connectivity index is 1.53. The molecule has 2 aromatic carbocycles. The third-order valence-corrected chi connectivity index (χ3v) is 10.4. The zero-order chi connectivity index (χ0) is 20.6. The lowest BCUT2D eigenvalue weighted by molar-refractivity contribution is 1.21. The maximum Gasteiger partial charge on any atom is 0.153 e. The molecule has 0 aliphatic heterocycles. The average molecular weight is 463 g/mol. The molecule has 30 heavy (non-hydrogen) atoms. The SMILES string of the molecule is Cc1cc2ccc3c(ccc4cc(-c5sc(-c6nc(C)c(C)s6)nc5C)sc43)c2s1. The van der Waals surface area contributed by atoms with E-state index in [4.69, 9.17) is 9.97 Å². The molecular formula is C24H18N2S4. The van der Waals surface area contributed by atoms with Crippen molar-refractivity contribution in [2.24, 2.45) is 0 Å². The minimum absolute atomic E-state index is 1.03. The van der Waals surface area contributed by atoms with E-state index in [0.717, 1.165) is 21.4 Å². The second-order valence-electron chi connectivity index (χ2n) is 7.62. The van der Waals surface area contributed by atoms with Crippen molar-refractivity contribution in [2.75, 3.05) is 0 Å². The number of benzene rings is 2. The first-order valence-corrected chi connectivity index (χ1v) is 13.0. The van der Waals surface area contributed by atoms with Crippen molar-refractivity contribution in [2.45, 2.75) is 27.7 Å². The molecule has 0 aliphatic carbocycles. The van der Waals surface area contributed by atoms with Gasteiger partial charge in [-0.05, 0) is 50.6 Å². The Morgan fingerprint density at radius 1 is 0.633 bits per heavy atom. The van der Waals surface area contributed by atoms with Crippen LogP contribution in [0.1, 0.15) is 21.1 Å². The van der Waals surface area contributed by atoms with Gasteiger partial charge in [-0.25, -0.2) is 9.97 Å². The maximum absolute atomic E-state index is 4.86. The van der Waals surface area contributed by atoms with Gasteiger partial charge in [-0.15, -0.1) is 45.3 Å². The van der Waals surface area contributed by atoms with Crippen LogP contribution in [-0.4, -0.2) is 9.97 Å². The Labute approximate surface area is 190 Å². The molecule has 148 valence electrons. The summed E-state index contributed by atoms with van der Waals surface area (Å²) in [5.74, 6) is 0. The van der Waals surface area contributed by atoms with Crippen LogP contribution in [-0.2, 0) is 0 Å². The molecule has 0 saturated heterocycles. The van der Waals surface area contributed by atoms with Crippen LogP contribution in [0.2, 0.25) is 0 Å². The molecule has 0 fully saturated rings. The van der Waals surface area contributed by atoms with E-state index >= 15 is 0 Å². The fourth-order valence-corrected chi connectivity index (χ4v) is 8.30. The van der Waals surface area contributed by atoms with E-state index in [-0.39, 0.29) is 0 Å². The summed E-state index contributed by atoms with van der Waals surface area (Å²) in [5, 5.41) is 7.44.